The Morgan fingerprint density at radius 3 is 2.32 bits per heavy atom. The van der Waals surface area contributed by atoms with Crippen molar-refractivity contribution in [2.24, 2.45) is 5.73 Å². The monoisotopic (exact) mass is 581 g/mol. The number of amides is 1. The van der Waals surface area contributed by atoms with E-state index >= 15 is 0 Å². The molecule has 2 fully saturated rings. The van der Waals surface area contributed by atoms with E-state index in [4.69, 9.17) is 14.9 Å². The molecule has 2 aromatic carbocycles. The van der Waals surface area contributed by atoms with E-state index in [1.165, 1.54) is 6.26 Å². The normalized spacial score (nSPS) is 18.6. The van der Waals surface area contributed by atoms with E-state index in [-0.39, 0.29) is 30.2 Å². The van der Waals surface area contributed by atoms with Gasteiger partial charge in [-0.2, -0.15) is 4.31 Å². The van der Waals surface area contributed by atoms with Crippen LogP contribution in [0, 0.1) is 13.8 Å². The van der Waals surface area contributed by atoms with Crippen LogP contribution in [0.3, 0.4) is 0 Å². The Morgan fingerprint density at radius 1 is 1.12 bits per heavy atom. The molecule has 41 heavy (non-hydrogen) atoms. The number of hydrogen-bond acceptors (Lipinski definition) is 7. The molecule has 2 aliphatic rings. The van der Waals surface area contributed by atoms with Crippen LogP contribution in [0.25, 0.3) is 0 Å². The van der Waals surface area contributed by atoms with E-state index in [1.807, 2.05) is 0 Å². The minimum absolute atomic E-state index is 0.0906. The predicted octanol–water partition coefficient (Wildman–Crippen LogP) is 3.75. The minimum atomic E-state index is -3.84. The van der Waals surface area contributed by atoms with Crippen LogP contribution in [-0.4, -0.2) is 67.5 Å². The first-order chi connectivity index (χ1) is 19.5. The zero-order valence-corrected chi connectivity index (χ0v) is 24.7. The summed E-state index contributed by atoms with van der Waals surface area (Å²) in [5.41, 5.74) is 9.22. The molecule has 10 heteroatoms. The quantitative estimate of drug-likeness (QED) is 0.334. The molecule has 220 valence electrons. The maximum atomic E-state index is 14.2. The SMILES string of the molecule is COc1cc(C)c(S(=O)(=O)N(CC(Cc2ccc(CN3CCC(O)C3)cc2)c2cc(C(N)=O)co2)C2CC2)c(C)c1. The second-order valence-corrected chi connectivity index (χ2v) is 13.2. The highest BCUT2D eigenvalue weighted by molar-refractivity contribution is 7.89. The number of hydrogen-bond donors (Lipinski definition) is 2. The zero-order chi connectivity index (χ0) is 29.3. The first kappa shape index (κ1) is 29.3. The van der Waals surface area contributed by atoms with Crippen LogP contribution in [0.1, 0.15) is 63.6 Å². The van der Waals surface area contributed by atoms with E-state index in [2.05, 4.69) is 29.2 Å². The lowest BCUT2D eigenvalue weighted by Gasteiger charge is -2.28. The van der Waals surface area contributed by atoms with Crippen molar-refractivity contribution in [2.45, 2.75) is 69.0 Å². The Balaban J connectivity index is 1.43. The van der Waals surface area contributed by atoms with Gasteiger partial charge in [-0.05, 0) is 80.0 Å². The van der Waals surface area contributed by atoms with Crippen molar-refractivity contribution in [3.8, 4) is 5.75 Å². The third kappa shape index (κ3) is 6.67. The highest BCUT2D eigenvalue weighted by Crippen LogP contribution is 2.38. The summed E-state index contributed by atoms with van der Waals surface area (Å²) >= 11 is 0. The molecular weight excluding hydrogens is 542 g/mol. The zero-order valence-electron chi connectivity index (χ0n) is 23.9. The van der Waals surface area contributed by atoms with E-state index in [1.54, 1.807) is 43.5 Å². The van der Waals surface area contributed by atoms with Gasteiger partial charge in [-0.3, -0.25) is 9.69 Å². The number of primary amides is 1. The molecule has 9 nitrogen and oxygen atoms in total. The van der Waals surface area contributed by atoms with Crippen LogP contribution in [0.4, 0.5) is 0 Å². The number of sulfonamides is 1. The highest BCUT2D eigenvalue weighted by Gasteiger charge is 2.41. The Hall–Kier alpha value is -3.18. The van der Waals surface area contributed by atoms with Crippen LogP contribution >= 0.6 is 0 Å². The fraction of sp³-hybridized carbons (Fsp3) is 0.452. The molecule has 1 saturated carbocycles. The van der Waals surface area contributed by atoms with E-state index in [0.29, 0.717) is 40.5 Å². The number of β-amino-alcohol motifs (C(OH)–C–C–N with tert-alkyl or cyclic N) is 1. The lowest BCUT2D eigenvalue weighted by molar-refractivity contribution is 0.0999. The Kier molecular flexibility index (Phi) is 8.56. The molecule has 3 aromatic rings. The van der Waals surface area contributed by atoms with Crippen LogP contribution in [0.2, 0.25) is 0 Å². The number of aryl methyl sites for hydroxylation is 2. The predicted molar refractivity (Wildman–Crippen MR) is 155 cm³/mol. The number of likely N-dealkylation sites (tertiary alicyclic amines) is 1. The fourth-order valence-electron chi connectivity index (χ4n) is 5.81. The summed E-state index contributed by atoms with van der Waals surface area (Å²) in [6.45, 7) is 6.13. The maximum Gasteiger partial charge on any atom is 0.251 e. The number of aliphatic hydroxyl groups excluding tert-OH is 1. The summed E-state index contributed by atoms with van der Waals surface area (Å²) in [6.07, 6.45) is 3.99. The van der Waals surface area contributed by atoms with Gasteiger partial charge in [0.1, 0.15) is 17.8 Å². The lowest BCUT2D eigenvalue weighted by Crippen LogP contribution is -2.37. The Morgan fingerprint density at radius 2 is 1.78 bits per heavy atom. The van der Waals surface area contributed by atoms with Crippen LogP contribution in [-0.2, 0) is 23.0 Å². The van der Waals surface area contributed by atoms with Gasteiger partial charge in [-0.15, -0.1) is 0 Å². The van der Waals surface area contributed by atoms with Crippen molar-refractivity contribution in [1.29, 1.82) is 0 Å². The summed E-state index contributed by atoms with van der Waals surface area (Å²) in [5, 5.41) is 9.83. The maximum absolute atomic E-state index is 14.2. The molecule has 1 saturated heterocycles. The Bertz CT molecular complexity index is 1470. The molecule has 0 spiro atoms. The number of ether oxygens (including phenoxy) is 1. The number of benzene rings is 2. The number of rotatable bonds is 12. The molecule has 5 rings (SSSR count). The van der Waals surface area contributed by atoms with Crippen molar-refractivity contribution < 1.29 is 27.5 Å². The van der Waals surface area contributed by atoms with Gasteiger partial charge in [0, 0.05) is 38.1 Å². The van der Waals surface area contributed by atoms with E-state index < -0.39 is 15.9 Å². The first-order valence-corrected chi connectivity index (χ1v) is 15.5. The van der Waals surface area contributed by atoms with Gasteiger partial charge in [-0.25, -0.2) is 8.42 Å². The van der Waals surface area contributed by atoms with Crippen LogP contribution in [0.15, 0.2) is 58.0 Å². The average molecular weight is 582 g/mol. The number of aliphatic hydroxyl groups is 1. The van der Waals surface area contributed by atoms with Gasteiger partial charge in [0.15, 0.2) is 0 Å². The van der Waals surface area contributed by atoms with Crippen molar-refractivity contribution in [3.63, 3.8) is 0 Å². The number of methoxy groups -OCH3 is 1. The molecule has 0 radical (unpaired) electrons. The second kappa shape index (κ2) is 12.0. The van der Waals surface area contributed by atoms with Gasteiger partial charge >= 0.3 is 0 Å². The molecule has 2 heterocycles. The lowest BCUT2D eigenvalue weighted by atomic mass is 9.95. The van der Waals surface area contributed by atoms with Gasteiger partial charge in [0.05, 0.1) is 23.7 Å². The summed E-state index contributed by atoms with van der Waals surface area (Å²) in [4.78, 5) is 14.4. The second-order valence-electron chi connectivity index (χ2n) is 11.4. The average Bonchev–Trinajstić information content (AvgIpc) is 3.47. The summed E-state index contributed by atoms with van der Waals surface area (Å²) in [6, 6.07) is 13.3. The number of carbonyl (C=O) groups excluding carboxylic acids is 1. The third-order valence-corrected chi connectivity index (χ3v) is 10.3. The minimum Gasteiger partial charge on any atom is -0.497 e. The molecule has 1 aromatic heterocycles. The van der Waals surface area contributed by atoms with Crippen molar-refractivity contribution in [3.05, 3.63) is 82.3 Å². The summed E-state index contributed by atoms with van der Waals surface area (Å²) in [5.74, 6) is 0.217. The third-order valence-electron chi connectivity index (χ3n) is 8.06. The highest BCUT2D eigenvalue weighted by atomic mass is 32.2. The number of furan rings is 1. The van der Waals surface area contributed by atoms with Gasteiger partial charge < -0.3 is 20.0 Å². The molecule has 3 N–H and O–H groups in total. The summed E-state index contributed by atoms with van der Waals surface area (Å²) in [7, 11) is -2.27. The molecule has 1 aliphatic heterocycles. The van der Waals surface area contributed by atoms with Gasteiger partial charge in [-0.1, -0.05) is 24.3 Å². The molecule has 0 bridgehead atoms. The molecule has 1 aliphatic carbocycles. The Labute approximate surface area is 241 Å². The van der Waals surface area contributed by atoms with Gasteiger partial charge in [0.25, 0.3) is 5.91 Å². The first-order valence-electron chi connectivity index (χ1n) is 14.1. The smallest absolute Gasteiger partial charge is 0.251 e. The fourth-order valence-corrected chi connectivity index (χ4v) is 7.95. The standard InChI is InChI=1S/C31H39N3O6S/c1-20-12-28(39-3)13-21(2)30(20)41(37,38)34(26-8-9-26)17-24(29-15-25(19-40-29)31(32)36)14-22-4-6-23(7-5-22)16-33-11-10-27(35)18-33/h4-7,12-13,15,19,24,26-27,35H,8-11,14,16-18H2,1-3H3,(H2,32,36). The van der Waals surface area contributed by atoms with Crippen molar-refractivity contribution in [1.82, 2.24) is 9.21 Å². The number of nitrogens with zero attached hydrogens (tertiary/aromatic N) is 2. The van der Waals surface area contributed by atoms with Crippen LogP contribution in [0.5, 0.6) is 5.75 Å². The molecular formula is C31H39N3O6S. The molecule has 2 atom stereocenters. The molecule has 2 unspecified atom stereocenters. The van der Waals surface area contributed by atoms with Gasteiger partial charge in [0.2, 0.25) is 10.0 Å². The van der Waals surface area contributed by atoms with E-state index in [9.17, 15) is 18.3 Å². The molecule has 1 amide bonds. The summed E-state index contributed by atoms with van der Waals surface area (Å²) < 4.78 is 41.1. The van der Waals surface area contributed by atoms with Crippen molar-refractivity contribution >= 4 is 15.9 Å². The largest absolute Gasteiger partial charge is 0.497 e. The number of carbonyl (C=O) groups is 1. The van der Waals surface area contributed by atoms with Crippen LogP contribution < -0.4 is 10.5 Å². The van der Waals surface area contributed by atoms with Crippen molar-refractivity contribution in [2.75, 3.05) is 26.7 Å². The van der Waals surface area contributed by atoms with E-state index in [0.717, 1.165) is 43.5 Å². The number of nitrogens with two attached hydrogens (primary N) is 1. The topological polar surface area (TPSA) is 126 Å².